The van der Waals surface area contributed by atoms with Crippen LogP contribution in [0.1, 0.15) is 0 Å². The van der Waals surface area contributed by atoms with Crippen LogP contribution in [0.25, 0.3) is 33.1 Å². The average Bonchev–Trinajstić information content (AvgIpc) is 2.74. The summed E-state index contributed by atoms with van der Waals surface area (Å²) in [5.74, 6) is 0.357. The van der Waals surface area contributed by atoms with E-state index in [1.165, 1.54) is 6.07 Å². The van der Waals surface area contributed by atoms with E-state index in [1.807, 2.05) is 24.3 Å². The van der Waals surface area contributed by atoms with Crippen molar-refractivity contribution in [2.24, 2.45) is 0 Å². The number of nitrogens with zero attached hydrogens (tertiary/aromatic N) is 4. The van der Waals surface area contributed by atoms with Crippen molar-refractivity contribution >= 4 is 33.3 Å². The van der Waals surface area contributed by atoms with Crippen molar-refractivity contribution in [2.45, 2.75) is 0 Å². The molecule has 1 aromatic carbocycles. The lowest BCUT2D eigenvalue weighted by molar-refractivity contribution is 0.631. The first-order valence-electron chi connectivity index (χ1n) is 8.76. The van der Waals surface area contributed by atoms with E-state index < -0.39 is 0 Å². The lowest BCUT2D eigenvalue weighted by atomic mass is 10.1. The molecule has 5 aromatic rings. The minimum atomic E-state index is -0.321. The molecule has 0 saturated heterocycles. The lowest BCUT2D eigenvalue weighted by Crippen LogP contribution is -1.99. The van der Waals surface area contributed by atoms with Crippen molar-refractivity contribution in [3.05, 3.63) is 85.2 Å². The second-order valence-corrected chi connectivity index (χ2v) is 6.29. The fraction of sp³-hybridized carbons (Fsp3) is 0. The number of halogens is 1. The zero-order valence-electron chi connectivity index (χ0n) is 14.7. The highest BCUT2D eigenvalue weighted by atomic mass is 19.1. The Bertz CT molecular complexity index is 1310. The van der Waals surface area contributed by atoms with E-state index in [4.69, 9.17) is 0 Å². The van der Waals surface area contributed by atoms with Crippen molar-refractivity contribution in [3.63, 3.8) is 0 Å². The number of pyridine rings is 4. The highest BCUT2D eigenvalue weighted by Gasteiger charge is 2.13. The standard InChI is InChI=1S/C22H14FN5/c23-17-5-2-1-4-16(17)19-12-20(21-18(27-19)6-3-9-25-21)28-22-15-8-10-24-13-14(15)7-11-26-22/h1-13H,(H,26,27,28). The minimum Gasteiger partial charge on any atom is -0.338 e. The highest BCUT2D eigenvalue weighted by Crippen LogP contribution is 2.31. The second-order valence-electron chi connectivity index (χ2n) is 6.29. The van der Waals surface area contributed by atoms with Crippen LogP contribution in [0.3, 0.4) is 0 Å². The maximum atomic E-state index is 14.3. The molecule has 0 fully saturated rings. The summed E-state index contributed by atoms with van der Waals surface area (Å²) in [6.07, 6.45) is 6.94. The highest BCUT2D eigenvalue weighted by molar-refractivity contribution is 5.97. The van der Waals surface area contributed by atoms with E-state index >= 15 is 0 Å². The number of rotatable bonds is 3. The molecule has 5 rings (SSSR count). The van der Waals surface area contributed by atoms with Gasteiger partial charge in [0.1, 0.15) is 17.2 Å². The maximum Gasteiger partial charge on any atom is 0.138 e. The van der Waals surface area contributed by atoms with E-state index in [1.54, 1.807) is 49.1 Å². The molecule has 0 aliphatic carbocycles. The largest absolute Gasteiger partial charge is 0.338 e. The summed E-state index contributed by atoms with van der Waals surface area (Å²) in [6.45, 7) is 0. The summed E-state index contributed by atoms with van der Waals surface area (Å²) in [7, 11) is 0. The zero-order chi connectivity index (χ0) is 18.9. The summed E-state index contributed by atoms with van der Waals surface area (Å²) in [5, 5.41) is 5.26. The van der Waals surface area contributed by atoms with Crippen molar-refractivity contribution < 1.29 is 4.39 Å². The third-order valence-corrected chi connectivity index (χ3v) is 4.53. The number of anilines is 2. The first-order valence-corrected chi connectivity index (χ1v) is 8.76. The Morgan fingerprint density at radius 2 is 1.79 bits per heavy atom. The number of aromatic nitrogens is 4. The average molecular weight is 367 g/mol. The Kier molecular flexibility index (Phi) is 3.87. The monoisotopic (exact) mass is 367 g/mol. The second kappa shape index (κ2) is 6.66. The van der Waals surface area contributed by atoms with Gasteiger partial charge in [-0.15, -0.1) is 0 Å². The molecule has 0 spiro atoms. The number of hydrogen-bond donors (Lipinski definition) is 1. The first kappa shape index (κ1) is 16.3. The van der Waals surface area contributed by atoms with Crippen LogP contribution in [-0.4, -0.2) is 19.9 Å². The van der Waals surface area contributed by atoms with Crippen LogP contribution in [0.5, 0.6) is 0 Å². The molecular weight excluding hydrogens is 353 g/mol. The molecule has 0 amide bonds. The Hall–Kier alpha value is -3.93. The van der Waals surface area contributed by atoms with Gasteiger partial charge in [0.25, 0.3) is 0 Å². The Balaban J connectivity index is 1.71. The molecule has 134 valence electrons. The molecule has 1 N–H and O–H groups in total. The summed E-state index contributed by atoms with van der Waals surface area (Å²) >= 11 is 0. The first-order chi connectivity index (χ1) is 13.8. The van der Waals surface area contributed by atoms with E-state index in [0.29, 0.717) is 33.8 Å². The Morgan fingerprint density at radius 3 is 2.71 bits per heavy atom. The number of fused-ring (bicyclic) bond motifs is 2. The summed E-state index contributed by atoms with van der Waals surface area (Å²) in [5.41, 5.74) is 3.04. The third-order valence-electron chi connectivity index (χ3n) is 4.53. The number of nitrogens with one attached hydrogen (secondary N) is 1. The maximum absolute atomic E-state index is 14.3. The summed E-state index contributed by atoms with van der Waals surface area (Å²) in [6, 6.07) is 15.9. The minimum absolute atomic E-state index is 0.321. The van der Waals surface area contributed by atoms with Crippen LogP contribution in [-0.2, 0) is 0 Å². The molecule has 0 aliphatic rings. The fourth-order valence-electron chi connectivity index (χ4n) is 3.21. The van der Waals surface area contributed by atoms with Crippen LogP contribution in [0.15, 0.2) is 79.4 Å². The van der Waals surface area contributed by atoms with Gasteiger partial charge in [-0.3, -0.25) is 9.97 Å². The molecule has 0 unspecified atom stereocenters. The van der Waals surface area contributed by atoms with Gasteiger partial charge >= 0.3 is 0 Å². The predicted molar refractivity (Wildman–Crippen MR) is 108 cm³/mol. The van der Waals surface area contributed by atoms with Gasteiger partial charge in [0.2, 0.25) is 0 Å². The van der Waals surface area contributed by atoms with E-state index in [2.05, 4.69) is 25.3 Å². The van der Waals surface area contributed by atoms with Gasteiger partial charge in [-0.05, 0) is 42.5 Å². The normalized spacial score (nSPS) is 11.0. The van der Waals surface area contributed by atoms with Gasteiger partial charge < -0.3 is 5.32 Å². The predicted octanol–water partition coefficient (Wildman–Crippen LogP) is 5.12. The molecule has 0 aliphatic heterocycles. The van der Waals surface area contributed by atoms with E-state index in [-0.39, 0.29) is 5.82 Å². The fourth-order valence-corrected chi connectivity index (χ4v) is 3.21. The van der Waals surface area contributed by atoms with Gasteiger partial charge in [-0.25, -0.2) is 14.4 Å². The molecule has 28 heavy (non-hydrogen) atoms. The van der Waals surface area contributed by atoms with Gasteiger partial charge in [0.15, 0.2) is 0 Å². The SMILES string of the molecule is Fc1ccccc1-c1cc(Nc2nccc3cnccc23)c2ncccc2n1. The van der Waals surface area contributed by atoms with Crippen molar-refractivity contribution in [1.82, 2.24) is 19.9 Å². The van der Waals surface area contributed by atoms with Crippen LogP contribution < -0.4 is 5.32 Å². The quantitative estimate of drug-likeness (QED) is 0.479. The van der Waals surface area contributed by atoms with Gasteiger partial charge in [0, 0.05) is 41.1 Å². The molecule has 4 aromatic heterocycles. The number of benzene rings is 1. The van der Waals surface area contributed by atoms with Gasteiger partial charge in [-0.2, -0.15) is 0 Å². The van der Waals surface area contributed by atoms with Crippen LogP contribution in [0, 0.1) is 5.82 Å². The molecule has 6 heteroatoms. The topological polar surface area (TPSA) is 63.6 Å². The van der Waals surface area contributed by atoms with Crippen LogP contribution in [0.2, 0.25) is 0 Å². The Morgan fingerprint density at radius 1 is 0.857 bits per heavy atom. The van der Waals surface area contributed by atoms with Crippen molar-refractivity contribution in [2.75, 3.05) is 5.32 Å². The Labute approximate surface area is 160 Å². The van der Waals surface area contributed by atoms with Gasteiger partial charge in [-0.1, -0.05) is 12.1 Å². The lowest BCUT2D eigenvalue weighted by Gasteiger charge is -2.12. The summed E-state index contributed by atoms with van der Waals surface area (Å²) in [4.78, 5) is 17.7. The summed E-state index contributed by atoms with van der Waals surface area (Å²) < 4.78 is 14.3. The zero-order valence-corrected chi connectivity index (χ0v) is 14.7. The number of hydrogen-bond acceptors (Lipinski definition) is 5. The molecule has 5 nitrogen and oxygen atoms in total. The van der Waals surface area contributed by atoms with Gasteiger partial charge in [0.05, 0.1) is 16.9 Å². The van der Waals surface area contributed by atoms with E-state index in [0.717, 1.165) is 10.8 Å². The molecule has 0 atom stereocenters. The van der Waals surface area contributed by atoms with E-state index in [9.17, 15) is 4.39 Å². The molecule has 0 radical (unpaired) electrons. The smallest absolute Gasteiger partial charge is 0.138 e. The molecule has 4 heterocycles. The van der Waals surface area contributed by atoms with Crippen LogP contribution >= 0.6 is 0 Å². The van der Waals surface area contributed by atoms with Crippen molar-refractivity contribution in [3.8, 4) is 11.3 Å². The third kappa shape index (κ3) is 2.81. The van der Waals surface area contributed by atoms with Crippen molar-refractivity contribution in [1.29, 1.82) is 0 Å². The van der Waals surface area contributed by atoms with Crippen LogP contribution in [0.4, 0.5) is 15.9 Å². The molecule has 0 saturated carbocycles. The molecule has 0 bridgehead atoms. The molecular formula is C22H14FN5.